The lowest BCUT2D eigenvalue weighted by Gasteiger charge is -2.24. The summed E-state index contributed by atoms with van der Waals surface area (Å²) in [5.74, 6) is 0. The predicted molar refractivity (Wildman–Crippen MR) is 65.5 cm³/mol. The number of imidazole rings is 1. The number of aryl methyl sites for hydroxylation is 1. The Morgan fingerprint density at radius 2 is 2.19 bits per heavy atom. The minimum atomic E-state index is -0.317. The SMILES string of the molecule is Cn1cnc2cc(NC(C)(C)CO)ccc21. The van der Waals surface area contributed by atoms with Gasteiger partial charge in [0.25, 0.3) is 0 Å². The largest absolute Gasteiger partial charge is 0.394 e. The zero-order valence-electron chi connectivity index (χ0n) is 9.86. The van der Waals surface area contributed by atoms with Crippen LogP contribution in [0.1, 0.15) is 13.8 Å². The van der Waals surface area contributed by atoms with E-state index in [9.17, 15) is 5.11 Å². The zero-order valence-corrected chi connectivity index (χ0v) is 9.86. The number of aliphatic hydroxyl groups excluding tert-OH is 1. The van der Waals surface area contributed by atoms with Crippen molar-refractivity contribution in [1.29, 1.82) is 0 Å². The summed E-state index contributed by atoms with van der Waals surface area (Å²) < 4.78 is 1.98. The minimum absolute atomic E-state index is 0.0905. The molecule has 0 aliphatic rings. The van der Waals surface area contributed by atoms with Crippen molar-refractivity contribution >= 4 is 16.7 Å². The first-order valence-electron chi connectivity index (χ1n) is 5.32. The molecule has 4 nitrogen and oxygen atoms in total. The summed E-state index contributed by atoms with van der Waals surface area (Å²) >= 11 is 0. The summed E-state index contributed by atoms with van der Waals surface area (Å²) in [7, 11) is 1.97. The number of hydrogen-bond donors (Lipinski definition) is 2. The van der Waals surface area contributed by atoms with Crippen LogP contribution in [-0.4, -0.2) is 26.8 Å². The molecule has 1 aromatic carbocycles. The summed E-state index contributed by atoms with van der Waals surface area (Å²) in [5.41, 5.74) is 2.72. The van der Waals surface area contributed by atoms with Crippen LogP contribution in [0.2, 0.25) is 0 Å². The number of fused-ring (bicyclic) bond motifs is 1. The molecule has 2 N–H and O–H groups in total. The Balaban J connectivity index is 2.33. The quantitative estimate of drug-likeness (QED) is 0.827. The van der Waals surface area contributed by atoms with E-state index in [4.69, 9.17) is 0 Å². The van der Waals surface area contributed by atoms with Crippen LogP contribution in [0.15, 0.2) is 24.5 Å². The van der Waals surface area contributed by atoms with Gasteiger partial charge in [0, 0.05) is 12.7 Å². The molecule has 4 heteroatoms. The Morgan fingerprint density at radius 1 is 1.44 bits per heavy atom. The second kappa shape index (κ2) is 3.79. The summed E-state index contributed by atoms with van der Waals surface area (Å²) in [5, 5.41) is 12.5. The number of rotatable bonds is 3. The van der Waals surface area contributed by atoms with Gasteiger partial charge in [0.05, 0.1) is 29.5 Å². The van der Waals surface area contributed by atoms with Gasteiger partial charge in [-0.3, -0.25) is 0 Å². The average Bonchev–Trinajstić information content (AvgIpc) is 2.60. The molecule has 0 unspecified atom stereocenters. The molecule has 0 amide bonds. The Labute approximate surface area is 94.9 Å². The highest BCUT2D eigenvalue weighted by atomic mass is 16.3. The number of aliphatic hydroxyl groups is 1. The maximum atomic E-state index is 9.19. The van der Waals surface area contributed by atoms with Crippen molar-refractivity contribution in [2.24, 2.45) is 7.05 Å². The van der Waals surface area contributed by atoms with Crippen molar-refractivity contribution < 1.29 is 5.11 Å². The van der Waals surface area contributed by atoms with Crippen molar-refractivity contribution in [3.63, 3.8) is 0 Å². The molecule has 0 spiro atoms. The minimum Gasteiger partial charge on any atom is -0.394 e. The normalized spacial score (nSPS) is 12.0. The summed E-state index contributed by atoms with van der Waals surface area (Å²) in [4.78, 5) is 4.30. The monoisotopic (exact) mass is 219 g/mol. The zero-order chi connectivity index (χ0) is 11.8. The van der Waals surface area contributed by atoms with Gasteiger partial charge >= 0.3 is 0 Å². The fraction of sp³-hybridized carbons (Fsp3) is 0.417. The summed E-state index contributed by atoms with van der Waals surface area (Å²) in [6.45, 7) is 4.00. The van der Waals surface area contributed by atoms with E-state index < -0.39 is 0 Å². The lowest BCUT2D eigenvalue weighted by Crippen LogP contribution is -2.34. The van der Waals surface area contributed by atoms with E-state index in [-0.39, 0.29) is 12.1 Å². The van der Waals surface area contributed by atoms with Gasteiger partial charge in [0.1, 0.15) is 0 Å². The molecular formula is C12H17N3O. The highest BCUT2D eigenvalue weighted by Gasteiger charge is 2.15. The highest BCUT2D eigenvalue weighted by molar-refractivity contribution is 5.79. The van der Waals surface area contributed by atoms with Crippen LogP contribution < -0.4 is 5.32 Å². The Morgan fingerprint density at radius 3 is 2.88 bits per heavy atom. The maximum absolute atomic E-state index is 9.19. The van der Waals surface area contributed by atoms with Gasteiger partial charge in [-0.1, -0.05) is 0 Å². The fourth-order valence-electron chi connectivity index (χ4n) is 1.64. The molecule has 0 saturated heterocycles. The molecule has 2 rings (SSSR count). The number of benzene rings is 1. The summed E-state index contributed by atoms with van der Waals surface area (Å²) in [6, 6.07) is 6.02. The molecule has 0 aliphatic heterocycles. The second-order valence-corrected chi connectivity index (χ2v) is 4.73. The number of nitrogens with zero attached hydrogens (tertiary/aromatic N) is 2. The van der Waals surface area contributed by atoms with E-state index in [1.54, 1.807) is 6.33 Å². The first-order valence-corrected chi connectivity index (χ1v) is 5.32. The first-order chi connectivity index (χ1) is 7.52. The molecule has 86 valence electrons. The van der Waals surface area contributed by atoms with Gasteiger partial charge in [-0.2, -0.15) is 0 Å². The van der Waals surface area contributed by atoms with Crippen LogP contribution in [0, 0.1) is 0 Å². The van der Waals surface area contributed by atoms with Crippen molar-refractivity contribution in [3.8, 4) is 0 Å². The third-order valence-corrected chi connectivity index (χ3v) is 2.60. The van der Waals surface area contributed by atoms with Crippen LogP contribution >= 0.6 is 0 Å². The lowest BCUT2D eigenvalue weighted by atomic mass is 10.1. The number of nitrogens with one attached hydrogen (secondary N) is 1. The Bertz CT molecular complexity index is 502. The molecule has 0 saturated carbocycles. The van der Waals surface area contributed by atoms with E-state index in [2.05, 4.69) is 10.3 Å². The van der Waals surface area contributed by atoms with Crippen molar-refractivity contribution in [2.75, 3.05) is 11.9 Å². The standard InChI is InChI=1S/C12H17N3O/c1-12(2,7-16)14-9-4-5-11-10(6-9)13-8-15(11)3/h4-6,8,14,16H,7H2,1-3H3. The Kier molecular flexibility index (Phi) is 2.59. The average molecular weight is 219 g/mol. The predicted octanol–water partition coefficient (Wildman–Crippen LogP) is 1.76. The molecule has 0 radical (unpaired) electrons. The maximum Gasteiger partial charge on any atom is 0.0955 e. The third kappa shape index (κ3) is 2.02. The van der Waals surface area contributed by atoms with E-state index >= 15 is 0 Å². The van der Waals surface area contributed by atoms with E-state index in [1.807, 2.05) is 43.7 Å². The van der Waals surface area contributed by atoms with Gasteiger partial charge in [0.15, 0.2) is 0 Å². The van der Waals surface area contributed by atoms with Crippen molar-refractivity contribution in [3.05, 3.63) is 24.5 Å². The van der Waals surface area contributed by atoms with Crippen LogP contribution in [0.5, 0.6) is 0 Å². The van der Waals surface area contributed by atoms with Crippen LogP contribution in [0.25, 0.3) is 11.0 Å². The molecule has 0 atom stereocenters. The second-order valence-electron chi connectivity index (χ2n) is 4.73. The molecule has 0 bridgehead atoms. The number of anilines is 1. The van der Waals surface area contributed by atoms with Crippen molar-refractivity contribution in [1.82, 2.24) is 9.55 Å². The first kappa shape index (κ1) is 11.0. The molecule has 1 heterocycles. The molecule has 0 aliphatic carbocycles. The topological polar surface area (TPSA) is 50.1 Å². The molecule has 1 aromatic heterocycles. The molecule has 2 aromatic rings. The summed E-state index contributed by atoms with van der Waals surface area (Å²) in [6.07, 6.45) is 1.80. The number of aromatic nitrogens is 2. The molecular weight excluding hydrogens is 202 g/mol. The van der Waals surface area contributed by atoms with Gasteiger partial charge in [-0.15, -0.1) is 0 Å². The Hall–Kier alpha value is -1.55. The van der Waals surface area contributed by atoms with Gasteiger partial charge in [-0.25, -0.2) is 4.98 Å². The van der Waals surface area contributed by atoms with E-state index in [0.29, 0.717) is 0 Å². The molecule has 0 fully saturated rings. The van der Waals surface area contributed by atoms with E-state index in [1.165, 1.54) is 0 Å². The van der Waals surface area contributed by atoms with Crippen LogP contribution in [-0.2, 0) is 7.05 Å². The molecule has 16 heavy (non-hydrogen) atoms. The highest BCUT2D eigenvalue weighted by Crippen LogP contribution is 2.20. The van der Waals surface area contributed by atoms with Crippen LogP contribution in [0.4, 0.5) is 5.69 Å². The third-order valence-electron chi connectivity index (χ3n) is 2.60. The van der Waals surface area contributed by atoms with E-state index in [0.717, 1.165) is 16.7 Å². The van der Waals surface area contributed by atoms with Gasteiger partial charge in [0.2, 0.25) is 0 Å². The van der Waals surface area contributed by atoms with Crippen molar-refractivity contribution in [2.45, 2.75) is 19.4 Å². The lowest BCUT2D eigenvalue weighted by molar-refractivity contribution is 0.234. The fourth-order valence-corrected chi connectivity index (χ4v) is 1.64. The smallest absolute Gasteiger partial charge is 0.0955 e. The number of hydrogen-bond acceptors (Lipinski definition) is 3. The van der Waals surface area contributed by atoms with Gasteiger partial charge in [-0.05, 0) is 32.0 Å². The van der Waals surface area contributed by atoms with Crippen LogP contribution in [0.3, 0.4) is 0 Å². The van der Waals surface area contributed by atoms with Gasteiger partial charge < -0.3 is 15.0 Å².